The summed E-state index contributed by atoms with van der Waals surface area (Å²) in [6.45, 7) is 6.05. The number of ether oxygens (including phenoxy) is 4. The molecule has 16 heteroatoms. The van der Waals surface area contributed by atoms with Gasteiger partial charge in [-0.25, -0.2) is 9.29 Å². The Bertz CT molecular complexity index is 1380. The van der Waals surface area contributed by atoms with E-state index in [1.807, 2.05) is 23.6 Å². The first-order valence-electron chi connectivity index (χ1n) is 14.4. The smallest absolute Gasteiger partial charge is 0.367 e. The Balaban J connectivity index is 1.65. The van der Waals surface area contributed by atoms with Crippen molar-refractivity contribution in [3.8, 4) is 0 Å². The Morgan fingerprint density at radius 3 is 2.09 bits per heavy atom. The lowest BCUT2D eigenvalue weighted by Crippen LogP contribution is -2.46. The minimum atomic E-state index is -5.02. The van der Waals surface area contributed by atoms with E-state index >= 15 is 0 Å². The first-order valence-corrected chi connectivity index (χ1v) is 14.4. The van der Waals surface area contributed by atoms with Crippen LogP contribution in [0.25, 0.3) is 0 Å². The lowest BCUT2D eigenvalue weighted by molar-refractivity contribution is -0.231. The third kappa shape index (κ3) is 8.60. The Morgan fingerprint density at radius 1 is 0.957 bits per heavy atom. The van der Waals surface area contributed by atoms with Crippen molar-refractivity contribution < 1.29 is 49.7 Å². The topological polar surface area (TPSA) is 85.0 Å². The van der Waals surface area contributed by atoms with Gasteiger partial charge in [0.1, 0.15) is 24.0 Å². The maximum absolute atomic E-state index is 13.9. The third-order valence-electron chi connectivity index (χ3n) is 7.95. The molecule has 2 aromatic carbocycles. The van der Waals surface area contributed by atoms with Crippen LogP contribution in [0.2, 0.25) is 0 Å². The Morgan fingerprint density at radius 2 is 1.54 bits per heavy atom. The van der Waals surface area contributed by atoms with Crippen LogP contribution in [0, 0.1) is 5.82 Å². The van der Waals surface area contributed by atoms with E-state index in [9.17, 15) is 30.7 Å². The molecule has 0 aliphatic carbocycles. The van der Waals surface area contributed by atoms with E-state index in [1.165, 1.54) is 31.2 Å². The van der Waals surface area contributed by atoms with Gasteiger partial charge in [0.05, 0.1) is 35.6 Å². The molecule has 2 heterocycles. The van der Waals surface area contributed by atoms with Gasteiger partial charge in [0.25, 0.3) is 0 Å². The molecule has 5 atom stereocenters. The quantitative estimate of drug-likeness (QED) is 0.175. The molecule has 1 aromatic heterocycles. The van der Waals surface area contributed by atoms with Crippen molar-refractivity contribution in [2.24, 2.45) is 0 Å². The summed E-state index contributed by atoms with van der Waals surface area (Å²) >= 11 is 0. The molecule has 1 saturated heterocycles. The third-order valence-corrected chi connectivity index (χ3v) is 7.95. The van der Waals surface area contributed by atoms with E-state index in [1.54, 1.807) is 14.2 Å². The number of benzene rings is 2. The minimum Gasteiger partial charge on any atom is -0.367 e. The van der Waals surface area contributed by atoms with Gasteiger partial charge < -0.3 is 18.9 Å². The molecule has 0 bridgehead atoms. The fourth-order valence-electron chi connectivity index (χ4n) is 5.22. The zero-order chi connectivity index (χ0) is 33.8. The number of hydrogen-bond acceptors (Lipinski definition) is 8. The number of nitrogens with zero attached hydrogens (tertiary/aromatic N) is 4. The van der Waals surface area contributed by atoms with Gasteiger partial charge in [-0.1, -0.05) is 17.3 Å². The predicted molar refractivity (Wildman–Crippen MR) is 150 cm³/mol. The molecule has 0 amide bonds. The van der Waals surface area contributed by atoms with Gasteiger partial charge in [0, 0.05) is 33.9 Å². The first kappa shape index (κ1) is 35.7. The molecule has 46 heavy (non-hydrogen) atoms. The van der Waals surface area contributed by atoms with Gasteiger partial charge in [-0.3, -0.25) is 10.00 Å². The highest BCUT2D eigenvalue weighted by Crippen LogP contribution is 2.40. The number of halogens is 7. The van der Waals surface area contributed by atoms with Gasteiger partial charge in [-0.2, -0.15) is 26.3 Å². The number of hydrogen-bond donors (Lipinski definition) is 1. The van der Waals surface area contributed by atoms with Crippen molar-refractivity contribution in [1.82, 2.24) is 25.2 Å². The molecule has 254 valence electrons. The van der Waals surface area contributed by atoms with Crippen LogP contribution in [0.3, 0.4) is 0 Å². The lowest BCUT2D eigenvalue weighted by Gasteiger charge is -2.42. The normalized spacial score (nSPS) is 20.2. The minimum absolute atomic E-state index is 0.0633. The van der Waals surface area contributed by atoms with Gasteiger partial charge >= 0.3 is 12.4 Å². The van der Waals surface area contributed by atoms with Gasteiger partial charge in [0.15, 0.2) is 6.29 Å². The highest BCUT2D eigenvalue weighted by molar-refractivity contribution is 5.35. The molecule has 0 saturated carbocycles. The largest absolute Gasteiger partial charge is 0.416 e. The van der Waals surface area contributed by atoms with Crippen molar-refractivity contribution in [3.05, 3.63) is 81.9 Å². The van der Waals surface area contributed by atoms with Gasteiger partial charge in [0.2, 0.25) is 0 Å². The summed E-state index contributed by atoms with van der Waals surface area (Å²) in [4.78, 5) is 3.85. The van der Waals surface area contributed by atoms with E-state index in [4.69, 9.17) is 18.9 Å². The SMILES string of the molecule is COC(C)N(Cc1[nH]nnc1CN1CCOC(O[C@H](C)c2cc(C(F)(F)F)cc(C(F)(F)F)c2)C1c1ccc(F)cc1)C(C)OC. The predicted octanol–water partition coefficient (Wildman–Crippen LogP) is 6.45. The van der Waals surface area contributed by atoms with Gasteiger partial charge in [-0.15, -0.1) is 5.10 Å². The van der Waals surface area contributed by atoms with Crippen LogP contribution in [0.4, 0.5) is 30.7 Å². The lowest BCUT2D eigenvalue weighted by atomic mass is 10.0. The highest BCUT2D eigenvalue weighted by atomic mass is 19.4. The zero-order valence-electron chi connectivity index (χ0n) is 25.8. The van der Waals surface area contributed by atoms with Crippen LogP contribution in [0.5, 0.6) is 0 Å². The molecular weight excluding hydrogens is 627 g/mol. The van der Waals surface area contributed by atoms with Crippen LogP contribution < -0.4 is 0 Å². The van der Waals surface area contributed by atoms with Gasteiger partial charge in [-0.05, 0) is 62.2 Å². The summed E-state index contributed by atoms with van der Waals surface area (Å²) in [6.07, 6.45) is -13.1. The molecule has 1 aliphatic rings. The first-order chi connectivity index (χ1) is 21.6. The van der Waals surface area contributed by atoms with E-state index < -0.39 is 47.7 Å². The number of rotatable bonds is 12. The molecule has 4 rings (SSSR count). The second-order valence-corrected chi connectivity index (χ2v) is 10.9. The van der Waals surface area contributed by atoms with Crippen molar-refractivity contribution in [2.45, 2.75) is 77.1 Å². The van der Waals surface area contributed by atoms with Crippen LogP contribution in [0.1, 0.15) is 66.6 Å². The Labute approximate surface area is 261 Å². The molecule has 0 spiro atoms. The molecule has 0 radical (unpaired) electrons. The van der Waals surface area contributed by atoms with E-state index in [0.717, 1.165) is 0 Å². The maximum atomic E-state index is 13.9. The van der Waals surface area contributed by atoms with Crippen LogP contribution in [-0.4, -0.2) is 71.3 Å². The standard InChI is InChI=1S/C30H36F7N5O4/c1-17(21-12-22(29(32,33)34)14-23(13-21)30(35,36)37)46-28-27(20-6-8-24(31)9-7-20)41(10-11-45-28)15-25-26(39-40-38-25)16-42(18(2)43-4)19(3)44-5/h6-9,12-14,17-19,27-28H,10-11,15-16H2,1-5H3,(H,38,39,40)/t17-,18?,19?,27?,28?/m1/s1. The number of aromatic amines is 1. The molecule has 1 aliphatic heterocycles. The molecule has 9 nitrogen and oxygen atoms in total. The second kappa shape index (κ2) is 14.7. The number of alkyl halides is 6. The van der Waals surface area contributed by atoms with E-state index in [0.29, 0.717) is 42.2 Å². The monoisotopic (exact) mass is 663 g/mol. The number of nitrogens with one attached hydrogen (secondary N) is 1. The van der Waals surface area contributed by atoms with Crippen LogP contribution in [0.15, 0.2) is 42.5 Å². The van der Waals surface area contributed by atoms with Crippen molar-refractivity contribution in [2.75, 3.05) is 27.4 Å². The van der Waals surface area contributed by atoms with E-state index in [-0.39, 0.29) is 37.2 Å². The fourth-order valence-corrected chi connectivity index (χ4v) is 5.22. The second-order valence-electron chi connectivity index (χ2n) is 10.9. The van der Waals surface area contributed by atoms with Crippen molar-refractivity contribution >= 4 is 0 Å². The molecular formula is C30H36F7N5O4. The summed E-state index contributed by atoms with van der Waals surface area (Å²) in [5.74, 6) is -0.500. The van der Waals surface area contributed by atoms with E-state index in [2.05, 4.69) is 15.4 Å². The maximum Gasteiger partial charge on any atom is 0.416 e. The Kier molecular flexibility index (Phi) is 11.4. The summed E-state index contributed by atoms with van der Waals surface area (Å²) < 4.78 is 118. The van der Waals surface area contributed by atoms with Crippen molar-refractivity contribution in [3.63, 3.8) is 0 Å². The molecule has 1 fully saturated rings. The van der Waals surface area contributed by atoms with Crippen LogP contribution >= 0.6 is 0 Å². The average Bonchev–Trinajstić information content (AvgIpc) is 3.45. The van der Waals surface area contributed by atoms with Crippen molar-refractivity contribution in [1.29, 1.82) is 0 Å². The highest BCUT2D eigenvalue weighted by Gasteiger charge is 2.40. The fraction of sp³-hybridized carbons (Fsp3) is 0.533. The summed E-state index contributed by atoms with van der Waals surface area (Å²) in [7, 11) is 3.13. The summed E-state index contributed by atoms with van der Waals surface area (Å²) in [5, 5.41) is 11.2. The number of methoxy groups -OCH3 is 2. The summed E-state index contributed by atoms with van der Waals surface area (Å²) in [5.41, 5.74) is -1.47. The molecule has 3 aromatic rings. The number of morpholine rings is 1. The molecule has 4 unspecified atom stereocenters. The molecule has 1 N–H and O–H groups in total. The summed E-state index contributed by atoms with van der Waals surface area (Å²) in [6, 6.07) is 6.08. The average molecular weight is 664 g/mol. The number of aromatic nitrogens is 3. The Hall–Kier alpha value is -3.15. The number of H-pyrrole nitrogens is 1. The zero-order valence-corrected chi connectivity index (χ0v) is 25.8. The van der Waals surface area contributed by atoms with Crippen LogP contribution in [-0.2, 0) is 44.4 Å².